The van der Waals surface area contributed by atoms with Gasteiger partial charge in [0.05, 0.1) is 6.61 Å². The van der Waals surface area contributed by atoms with E-state index in [4.69, 9.17) is 14.3 Å². The lowest BCUT2D eigenvalue weighted by atomic mass is 10.1. The normalized spacial score (nSPS) is 23.1. The van der Waals surface area contributed by atoms with Crippen molar-refractivity contribution in [2.24, 2.45) is 0 Å². The Morgan fingerprint density at radius 3 is 2.75 bits per heavy atom. The van der Waals surface area contributed by atoms with E-state index in [1.165, 1.54) is 6.92 Å². The molecule has 1 aromatic heterocycles. The highest BCUT2D eigenvalue weighted by molar-refractivity contribution is 7.89. The molecule has 1 saturated heterocycles. The maximum Gasteiger partial charge on any atom is 0.371 e. The summed E-state index contributed by atoms with van der Waals surface area (Å²) in [5.74, 6) is -1.83. The molecule has 2 heterocycles. The molecule has 1 aliphatic heterocycles. The average molecular weight is 305 g/mol. The Hall–Kier alpha value is -1.42. The minimum Gasteiger partial charge on any atom is -0.475 e. The van der Waals surface area contributed by atoms with Crippen molar-refractivity contribution in [1.29, 1.82) is 0 Å². The van der Waals surface area contributed by atoms with Gasteiger partial charge < -0.3 is 19.4 Å². The zero-order valence-corrected chi connectivity index (χ0v) is 11.6. The zero-order chi connectivity index (χ0) is 15.0. The largest absolute Gasteiger partial charge is 0.475 e. The molecule has 1 aliphatic rings. The fourth-order valence-electron chi connectivity index (χ4n) is 1.88. The van der Waals surface area contributed by atoms with Crippen LogP contribution in [0.15, 0.2) is 15.4 Å². The highest BCUT2D eigenvalue weighted by atomic mass is 32.2. The smallest absolute Gasteiger partial charge is 0.371 e. The lowest BCUT2D eigenvalue weighted by molar-refractivity contribution is 0.0314. The van der Waals surface area contributed by atoms with Crippen molar-refractivity contribution in [2.75, 3.05) is 19.8 Å². The summed E-state index contributed by atoms with van der Waals surface area (Å²) >= 11 is 0. The predicted molar refractivity (Wildman–Crippen MR) is 66.0 cm³/mol. The molecule has 3 N–H and O–H groups in total. The molecule has 1 aromatic rings. The zero-order valence-electron chi connectivity index (χ0n) is 10.7. The molecular weight excluding hydrogens is 290 g/mol. The van der Waals surface area contributed by atoms with Gasteiger partial charge >= 0.3 is 5.97 Å². The highest BCUT2D eigenvalue weighted by Crippen LogP contribution is 2.22. The summed E-state index contributed by atoms with van der Waals surface area (Å²) in [5.41, 5.74) is -1.24. The fourth-order valence-corrected chi connectivity index (χ4v) is 3.18. The number of hydrogen-bond donors (Lipinski definition) is 3. The van der Waals surface area contributed by atoms with Crippen LogP contribution in [0.2, 0.25) is 0 Å². The average Bonchev–Trinajstić information content (AvgIpc) is 2.94. The Morgan fingerprint density at radius 2 is 2.25 bits per heavy atom. The topological polar surface area (TPSA) is 126 Å². The van der Waals surface area contributed by atoms with Gasteiger partial charge in [0.2, 0.25) is 15.8 Å². The van der Waals surface area contributed by atoms with E-state index in [1.54, 1.807) is 0 Å². The fraction of sp³-hybridized carbons (Fsp3) is 0.545. The van der Waals surface area contributed by atoms with Gasteiger partial charge in [-0.05, 0) is 6.92 Å². The van der Waals surface area contributed by atoms with E-state index in [9.17, 15) is 18.3 Å². The highest BCUT2D eigenvalue weighted by Gasteiger charge is 2.34. The third-order valence-corrected chi connectivity index (χ3v) is 4.55. The van der Waals surface area contributed by atoms with Crippen molar-refractivity contribution in [3.8, 4) is 0 Å². The molecule has 0 amide bonds. The summed E-state index contributed by atoms with van der Waals surface area (Å²) in [6, 6.07) is 0.940. The summed E-state index contributed by atoms with van der Waals surface area (Å²) in [4.78, 5) is 10.5. The first-order valence-electron chi connectivity index (χ1n) is 5.87. The van der Waals surface area contributed by atoms with Crippen molar-refractivity contribution < 1.29 is 32.6 Å². The van der Waals surface area contributed by atoms with Gasteiger partial charge in [0.15, 0.2) is 0 Å². The Labute approximate surface area is 115 Å². The summed E-state index contributed by atoms with van der Waals surface area (Å²) in [5, 5.41) is 18.8. The first-order valence-corrected chi connectivity index (χ1v) is 7.35. The van der Waals surface area contributed by atoms with Gasteiger partial charge in [0, 0.05) is 25.6 Å². The number of carboxylic acid groups (broad SMARTS) is 1. The van der Waals surface area contributed by atoms with Crippen LogP contribution in [0.5, 0.6) is 0 Å². The summed E-state index contributed by atoms with van der Waals surface area (Å²) in [6.07, 6.45) is 0.334. The second-order valence-electron chi connectivity index (χ2n) is 4.69. The second kappa shape index (κ2) is 5.17. The van der Waals surface area contributed by atoms with E-state index in [0.29, 0.717) is 13.0 Å². The van der Waals surface area contributed by atoms with Crippen molar-refractivity contribution in [1.82, 2.24) is 4.72 Å². The SMILES string of the molecule is Cc1oc(C(=O)O)cc1S(=O)(=O)NCC1(O)CCOC1. The van der Waals surface area contributed by atoms with Gasteiger partial charge in [-0.15, -0.1) is 0 Å². The van der Waals surface area contributed by atoms with Crippen LogP contribution in [0.25, 0.3) is 0 Å². The molecule has 0 bridgehead atoms. The van der Waals surface area contributed by atoms with Crippen LogP contribution in [-0.2, 0) is 14.8 Å². The molecule has 0 spiro atoms. The number of carbonyl (C=O) groups is 1. The van der Waals surface area contributed by atoms with E-state index < -0.39 is 27.4 Å². The Bertz CT molecular complexity index is 613. The van der Waals surface area contributed by atoms with Crippen LogP contribution < -0.4 is 4.72 Å². The van der Waals surface area contributed by atoms with Crippen LogP contribution in [-0.4, -0.2) is 50.0 Å². The van der Waals surface area contributed by atoms with Crippen molar-refractivity contribution in [2.45, 2.75) is 23.8 Å². The minimum absolute atomic E-state index is 0.0236. The van der Waals surface area contributed by atoms with E-state index in [-0.39, 0.29) is 23.8 Å². The lowest BCUT2D eigenvalue weighted by Gasteiger charge is -2.20. The van der Waals surface area contributed by atoms with Gasteiger partial charge in [-0.2, -0.15) is 0 Å². The third-order valence-electron chi connectivity index (χ3n) is 3.05. The number of hydrogen-bond acceptors (Lipinski definition) is 6. The van der Waals surface area contributed by atoms with Gasteiger partial charge in [-0.3, -0.25) is 0 Å². The van der Waals surface area contributed by atoms with Gasteiger partial charge in [0.1, 0.15) is 16.3 Å². The number of furan rings is 1. The number of ether oxygens (including phenoxy) is 1. The number of aromatic carboxylic acids is 1. The summed E-state index contributed by atoms with van der Waals surface area (Å²) in [7, 11) is -3.95. The molecule has 0 aliphatic carbocycles. The number of carboxylic acids is 1. The van der Waals surface area contributed by atoms with E-state index in [1.807, 2.05) is 0 Å². The first-order chi connectivity index (χ1) is 9.23. The first kappa shape index (κ1) is 15.0. The molecule has 0 aromatic carbocycles. The van der Waals surface area contributed by atoms with Gasteiger partial charge in [-0.25, -0.2) is 17.9 Å². The summed E-state index contributed by atoms with van der Waals surface area (Å²) < 4.78 is 36.2. The van der Waals surface area contributed by atoms with Crippen LogP contribution in [0.3, 0.4) is 0 Å². The Balaban J connectivity index is 2.16. The van der Waals surface area contributed by atoms with Crippen LogP contribution >= 0.6 is 0 Å². The molecular formula is C11H15NO7S. The summed E-state index contributed by atoms with van der Waals surface area (Å²) in [6.45, 7) is 1.57. The third kappa shape index (κ3) is 3.01. The number of rotatable bonds is 5. The number of aliphatic hydroxyl groups is 1. The van der Waals surface area contributed by atoms with E-state index in [0.717, 1.165) is 6.07 Å². The molecule has 20 heavy (non-hydrogen) atoms. The molecule has 0 radical (unpaired) electrons. The van der Waals surface area contributed by atoms with Gasteiger partial charge in [0.25, 0.3) is 0 Å². The quantitative estimate of drug-likeness (QED) is 0.682. The van der Waals surface area contributed by atoms with E-state index >= 15 is 0 Å². The number of aryl methyl sites for hydroxylation is 1. The molecule has 1 fully saturated rings. The molecule has 1 unspecified atom stereocenters. The standard InChI is InChI=1S/C11H15NO7S/c1-7-9(4-8(19-7)10(13)14)20(16,17)12-5-11(15)2-3-18-6-11/h4,12,15H,2-3,5-6H2,1H3,(H,13,14). The molecule has 9 heteroatoms. The van der Waals surface area contributed by atoms with Crippen molar-refractivity contribution in [3.05, 3.63) is 17.6 Å². The van der Waals surface area contributed by atoms with E-state index in [2.05, 4.69) is 4.72 Å². The second-order valence-corrected chi connectivity index (χ2v) is 6.42. The lowest BCUT2D eigenvalue weighted by Crippen LogP contribution is -2.43. The van der Waals surface area contributed by atoms with Crippen LogP contribution in [0.1, 0.15) is 22.7 Å². The van der Waals surface area contributed by atoms with Crippen LogP contribution in [0, 0.1) is 6.92 Å². The van der Waals surface area contributed by atoms with Crippen molar-refractivity contribution in [3.63, 3.8) is 0 Å². The molecule has 2 rings (SSSR count). The van der Waals surface area contributed by atoms with Gasteiger partial charge in [-0.1, -0.05) is 0 Å². The molecule has 112 valence electrons. The van der Waals surface area contributed by atoms with Crippen molar-refractivity contribution >= 4 is 16.0 Å². The maximum absolute atomic E-state index is 12.1. The number of sulfonamides is 1. The molecule has 8 nitrogen and oxygen atoms in total. The minimum atomic E-state index is -3.95. The Morgan fingerprint density at radius 1 is 1.55 bits per heavy atom. The maximum atomic E-state index is 12.1. The monoisotopic (exact) mass is 305 g/mol. The predicted octanol–water partition coefficient (Wildman–Crippen LogP) is -0.284. The molecule has 1 atom stereocenters. The Kier molecular flexibility index (Phi) is 3.87. The van der Waals surface area contributed by atoms with Crippen LogP contribution in [0.4, 0.5) is 0 Å². The molecule has 0 saturated carbocycles. The number of nitrogens with one attached hydrogen (secondary N) is 1.